The number of halogens is 1. The number of anilines is 2. The molecule has 0 aliphatic carbocycles. The van der Waals surface area contributed by atoms with E-state index in [0.717, 1.165) is 37.4 Å². The Kier molecular flexibility index (Phi) is 4.10. The smallest absolute Gasteiger partial charge is 0.231 e. The number of nitrogens with one attached hydrogen (secondary N) is 1. The summed E-state index contributed by atoms with van der Waals surface area (Å²) in [4.78, 5) is 23.2. The summed E-state index contributed by atoms with van der Waals surface area (Å²) in [5, 5.41) is 3.33. The lowest BCUT2D eigenvalue weighted by Gasteiger charge is -2.15. The maximum atomic E-state index is 5.98. The maximum absolute atomic E-state index is 5.98. The first kappa shape index (κ1) is 13.9. The average Bonchev–Trinajstić information content (AvgIpc) is 2.99. The van der Waals surface area contributed by atoms with Crippen LogP contribution in [0.15, 0.2) is 12.3 Å². The average molecular weight is 306 g/mol. The van der Waals surface area contributed by atoms with Gasteiger partial charge in [-0.2, -0.15) is 15.0 Å². The van der Waals surface area contributed by atoms with Crippen LogP contribution in [0.4, 0.5) is 11.9 Å². The lowest BCUT2D eigenvalue weighted by molar-refractivity contribution is 0.871. The normalized spacial score (nSPS) is 14.5. The Balaban J connectivity index is 1.72. The Morgan fingerprint density at radius 2 is 2.00 bits per heavy atom. The molecule has 1 N–H and O–H groups in total. The molecule has 110 valence electrons. The van der Waals surface area contributed by atoms with Crippen LogP contribution in [0.2, 0.25) is 5.28 Å². The Labute approximate surface area is 127 Å². The van der Waals surface area contributed by atoms with Crippen molar-refractivity contribution < 1.29 is 0 Å². The van der Waals surface area contributed by atoms with Gasteiger partial charge in [-0.15, -0.1) is 0 Å². The Morgan fingerprint density at radius 1 is 1.19 bits per heavy atom. The number of hydrogen-bond acceptors (Lipinski definition) is 7. The molecule has 0 atom stereocenters. The van der Waals surface area contributed by atoms with Crippen molar-refractivity contribution in [2.75, 3.05) is 23.3 Å². The third kappa shape index (κ3) is 3.55. The van der Waals surface area contributed by atoms with Crippen molar-refractivity contribution in [3.8, 4) is 0 Å². The van der Waals surface area contributed by atoms with Gasteiger partial charge in [0.05, 0.1) is 12.2 Å². The highest BCUT2D eigenvalue weighted by atomic mass is 35.5. The zero-order valence-electron chi connectivity index (χ0n) is 11.8. The Morgan fingerprint density at radius 3 is 2.76 bits per heavy atom. The lowest BCUT2D eigenvalue weighted by atomic mass is 10.4. The molecule has 0 unspecified atom stereocenters. The fourth-order valence-electron chi connectivity index (χ4n) is 2.25. The maximum Gasteiger partial charge on any atom is 0.231 e. The van der Waals surface area contributed by atoms with E-state index in [1.165, 1.54) is 0 Å². The second kappa shape index (κ2) is 6.17. The minimum atomic E-state index is 0.202. The van der Waals surface area contributed by atoms with Crippen LogP contribution >= 0.6 is 11.6 Å². The molecule has 2 aromatic rings. The van der Waals surface area contributed by atoms with Gasteiger partial charge < -0.3 is 10.2 Å². The van der Waals surface area contributed by atoms with E-state index < -0.39 is 0 Å². The van der Waals surface area contributed by atoms with Crippen LogP contribution in [0.25, 0.3) is 0 Å². The van der Waals surface area contributed by atoms with Crippen molar-refractivity contribution in [2.45, 2.75) is 26.3 Å². The third-order valence-electron chi connectivity index (χ3n) is 3.25. The lowest BCUT2D eigenvalue weighted by Crippen LogP contribution is -2.21. The predicted molar refractivity (Wildman–Crippen MR) is 80.4 cm³/mol. The molecule has 0 amide bonds. The number of aryl methyl sites for hydroxylation is 1. The SMILES string of the molecule is Cc1nccc(CNc2nc(Cl)nc(N3CCCC3)n2)n1. The summed E-state index contributed by atoms with van der Waals surface area (Å²) in [6.45, 7) is 4.30. The Bertz CT molecular complexity index is 628. The molecule has 21 heavy (non-hydrogen) atoms. The van der Waals surface area contributed by atoms with E-state index in [0.29, 0.717) is 18.4 Å². The summed E-state index contributed by atoms with van der Waals surface area (Å²) in [5.41, 5.74) is 0.877. The molecule has 0 radical (unpaired) electrons. The zero-order valence-corrected chi connectivity index (χ0v) is 12.5. The molecule has 7 nitrogen and oxygen atoms in total. The van der Waals surface area contributed by atoms with Crippen LogP contribution < -0.4 is 10.2 Å². The van der Waals surface area contributed by atoms with Gasteiger partial charge in [0.15, 0.2) is 0 Å². The molecular formula is C13H16ClN7. The zero-order chi connectivity index (χ0) is 14.7. The van der Waals surface area contributed by atoms with Gasteiger partial charge >= 0.3 is 0 Å². The van der Waals surface area contributed by atoms with Crippen molar-refractivity contribution in [3.05, 3.63) is 29.1 Å². The largest absolute Gasteiger partial charge is 0.348 e. The number of hydrogen-bond donors (Lipinski definition) is 1. The highest BCUT2D eigenvalue weighted by Gasteiger charge is 2.16. The van der Waals surface area contributed by atoms with Gasteiger partial charge in [0.25, 0.3) is 0 Å². The summed E-state index contributed by atoms with van der Waals surface area (Å²) in [6, 6.07) is 1.85. The first-order chi connectivity index (χ1) is 10.2. The molecule has 1 aliphatic rings. The molecule has 1 fully saturated rings. The van der Waals surface area contributed by atoms with E-state index in [9.17, 15) is 0 Å². The first-order valence-electron chi connectivity index (χ1n) is 6.89. The van der Waals surface area contributed by atoms with E-state index in [1.54, 1.807) is 6.20 Å². The highest BCUT2D eigenvalue weighted by Crippen LogP contribution is 2.18. The quantitative estimate of drug-likeness (QED) is 0.923. The van der Waals surface area contributed by atoms with Crippen molar-refractivity contribution in [2.24, 2.45) is 0 Å². The summed E-state index contributed by atoms with van der Waals surface area (Å²) >= 11 is 5.98. The van der Waals surface area contributed by atoms with Crippen LogP contribution in [-0.4, -0.2) is 38.0 Å². The summed E-state index contributed by atoms with van der Waals surface area (Å²) in [7, 11) is 0. The third-order valence-corrected chi connectivity index (χ3v) is 3.42. The van der Waals surface area contributed by atoms with Crippen molar-refractivity contribution in [1.29, 1.82) is 0 Å². The summed E-state index contributed by atoms with van der Waals surface area (Å²) in [5.74, 6) is 1.84. The number of nitrogens with zero attached hydrogens (tertiary/aromatic N) is 6. The molecule has 0 spiro atoms. The fraction of sp³-hybridized carbons (Fsp3) is 0.462. The van der Waals surface area contributed by atoms with E-state index in [4.69, 9.17) is 11.6 Å². The molecule has 8 heteroatoms. The van der Waals surface area contributed by atoms with E-state index in [1.807, 2.05) is 13.0 Å². The van der Waals surface area contributed by atoms with Crippen LogP contribution in [0.5, 0.6) is 0 Å². The molecule has 3 heterocycles. The van der Waals surface area contributed by atoms with Gasteiger partial charge in [-0.25, -0.2) is 9.97 Å². The number of rotatable bonds is 4. The molecular weight excluding hydrogens is 290 g/mol. The fourth-order valence-corrected chi connectivity index (χ4v) is 2.41. The van der Waals surface area contributed by atoms with E-state index in [2.05, 4.69) is 35.1 Å². The van der Waals surface area contributed by atoms with Crippen molar-refractivity contribution in [1.82, 2.24) is 24.9 Å². The summed E-state index contributed by atoms with van der Waals surface area (Å²) < 4.78 is 0. The minimum Gasteiger partial charge on any atom is -0.348 e. The van der Waals surface area contributed by atoms with Gasteiger partial charge in [0.2, 0.25) is 17.2 Å². The van der Waals surface area contributed by atoms with E-state index in [-0.39, 0.29) is 5.28 Å². The van der Waals surface area contributed by atoms with Crippen molar-refractivity contribution >= 4 is 23.5 Å². The molecule has 0 saturated carbocycles. The number of aromatic nitrogens is 5. The monoisotopic (exact) mass is 305 g/mol. The molecule has 1 saturated heterocycles. The van der Waals surface area contributed by atoms with Crippen LogP contribution in [-0.2, 0) is 6.54 Å². The standard InChI is InChI=1S/C13H16ClN7/c1-9-15-5-4-10(17-9)8-16-12-18-11(14)19-13(20-12)21-6-2-3-7-21/h4-5H,2-3,6-8H2,1H3,(H,16,18,19,20). The van der Waals surface area contributed by atoms with Gasteiger partial charge in [-0.3, -0.25) is 0 Å². The highest BCUT2D eigenvalue weighted by molar-refractivity contribution is 6.28. The molecule has 1 aliphatic heterocycles. The second-order valence-electron chi connectivity index (χ2n) is 4.87. The Hall–Kier alpha value is -2.02. The second-order valence-corrected chi connectivity index (χ2v) is 5.21. The van der Waals surface area contributed by atoms with Gasteiger partial charge in [0.1, 0.15) is 5.82 Å². The van der Waals surface area contributed by atoms with Crippen molar-refractivity contribution in [3.63, 3.8) is 0 Å². The van der Waals surface area contributed by atoms with E-state index >= 15 is 0 Å². The van der Waals surface area contributed by atoms with Crippen LogP contribution in [0.3, 0.4) is 0 Å². The van der Waals surface area contributed by atoms with Crippen LogP contribution in [0.1, 0.15) is 24.4 Å². The van der Waals surface area contributed by atoms with Gasteiger partial charge in [-0.05, 0) is 37.4 Å². The minimum absolute atomic E-state index is 0.202. The van der Waals surface area contributed by atoms with Crippen LogP contribution in [0, 0.1) is 6.92 Å². The topological polar surface area (TPSA) is 79.7 Å². The van der Waals surface area contributed by atoms with Gasteiger partial charge in [-0.1, -0.05) is 0 Å². The molecule has 2 aromatic heterocycles. The first-order valence-corrected chi connectivity index (χ1v) is 7.27. The molecule has 3 rings (SSSR count). The summed E-state index contributed by atoms with van der Waals surface area (Å²) in [6.07, 6.45) is 4.05. The molecule has 0 aromatic carbocycles. The molecule has 0 bridgehead atoms. The van der Waals surface area contributed by atoms with Gasteiger partial charge in [0, 0.05) is 19.3 Å². The predicted octanol–water partition coefficient (Wildman–Crippen LogP) is 1.84.